The number of ether oxygens (including phenoxy) is 2. The summed E-state index contributed by atoms with van der Waals surface area (Å²) in [5.41, 5.74) is -0.0375. The molecule has 3 fully saturated rings. The summed E-state index contributed by atoms with van der Waals surface area (Å²) in [7, 11) is 0. The zero-order valence-corrected chi connectivity index (χ0v) is 12.5. The zero-order valence-electron chi connectivity index (χ0n) is 12.5. The fourth-order valence-electron chi connectivity index (χ4n) is 4.58. The molecule has 2 saturated carbocycles. The maximum atomic E-state index is 10.8. The number of fused-ring (bicyclic) bond motifs is 1. The predicted molar refractivity (Wildman–Crippen MR) is 73.7 cm³/mol. The van der Waals surface area contributed by atoms with E-state index in [0.29, 0.717) is 17.8 Å². The average Bonchev–Trinajstić information content (AvgIpc) is 2.94. The van der Waals surface area contributed by atoms with Crippen LogP contribution < -0.4 is 0 Å². The van der Waals surface area contributed by atoms with Crippen molar-refractivity contribution in [2.24, 2.45) is 23.2 Å². The van der Waals surface area contributed by atoms with Gasteiger partial charge in [-0.05, 0) is 36.0 Å². The first-order valence-corrected chi connectivity index (χ1v) is 7.90. The molecular weight excluding hydrogens is 240 g/mol. The van der Waals surface area contributed by atoms with Crippen LogP contribution in [0.15, 0.2) is 0 Å². The molecule has 3 rings (SSSR count). The molecule has 1 spiro atoms. The third-order valence-corrected chi connectivity index (χ3v) is 5.90. The molecule has 0 bridgehead atoms. The largest absolute Gasteiger partial charge is 0.392 e. The Morgan fingerprint density at radius 3 is 2.42 bits per heavy atom. The summed E-state index contributed by atoms with van der Waals surface area (Å²) in [5.74, 6) is 1.25. The Morgan fingerprint density at radius 1 is 1.05 bits per heavy atom. The molecule has 0 aromatic carbocycles. The highest BCUT2D eigenvalue weighted by molar-refractivity contribution is 4.98. The van der Waals surface area contributed by atoms with Crippen molar-refractivity contribution in [2.75, 3.05) is 13.2 Å². The van der Waals surface area contributed by atoms with Crippen LogP contribution in [-0.4, -0.2) is 30.2 Å². The Bertz CT molecular complexity index is 333. The molecule has 3 aliphatic rings. The summed E-state index contributed by atoms with van der Waals surface area (Å²) in [6, 6.07) is 0. The van der Waals surface area contributed by atoms with E-state index in [9.17, 15) is 5.11 Å². The Morgan fingerprint density at radius 2 is 1.74 bits per heavy atom. The summed E-state index contributed by atoms with van der Waals surface area (Å²) in [6.45, 7) is 8.17. The Hall–Kier alpha value is -0.120. The van der Waals surface area contributed by atoms with Gasteiger partial charge in [0.1, 0.15) is 0 Å². The maximum absolute atomic E-state index is 10.8. The average molecular weight is 268 g/mol. The second-order valence-corrected chi connectivity index (χ2v) is 7.64. The Balaban J connectivity index is 1.88. The number of aliphatic hydroxyl groups excluding tert-OH is 1. The molecule has 1 aliphatic heterocycles. The van der Waals surface area contributed by atoms with E-state index >= 15 is 0 Å². The van der Waals surface area contributed by atoms with Gasteiger partial charge < -0.3 is 14.6 Å². The van der Waals surface area contributed by atoms with Crippen LogP contribution >= 0.6 is 0 Å². The van der Waals surface area contributed by atoms with E-state index in [0.717, 1.165) is 32.5 Å². The zero-order chi connectivity index (χ0) is 13.7. The molecule has 0 aromatic rings. The van der Waals surface area contributed by atoms with E-state index in [1.54, 1.807) is 0 Å². The monoisotopic (exact) mass is 268 g/mol. The summed E-state index contributed by atoms with van der Waals surface area (Å²) in [6.07, 6.45) is 5.15. The van der Waals surface area contributed by atoms with Gasteiger partial charge in [0.25, 0.3) is 0 Å². The van der Waals surface area contributed by atoms with Crippen molar-refractivity contribution in [3.05, 3.63) is 0 Å². The van der Waals surface area contributed by atoms with Crippen molar-refractivity contribution in [2.45, 2.75) is 64.8 Å². The van der Waals surface area contributed by atoms with Gasteiger partial charge in [0.05, 0.1) is 19.3 Å². The van der Waals surface area contributed by atoms with E-state index in [1.165, 1.54) is 12.8 Å². The first kappa shape index (κ1) is 13.8. The van der Waals surface area contributed by atoms with Crippen LogP contribution in [0.4, 0.5) is 0 Å². The van der Waals surface area contributed by atoms with E-state index in [-0.39, 0.29) is 17.3 Å². The number of hydrogen-bond acceptors (Lipinski definition) is 3. The topological polar surface area (TPSA) is 38.7 Å². The minimum Gasteiger partial charge on any atom is -0.392 e. The normalized spacial score (nSPS) is 44.8. The van der Waals surface area contributed by atoms with Crippen molar-refractivity contribution in [3.63, 3.8) is 0 Å². The van der Waals surface area contributed by atoms with Crippen molar-refractivity contribution in [3.8, 4) is 0 Å². The van der Waals surface area contributed by atoms with Gasteiger partial charge in [0.2, 0.25) is 0 Å². The molecule has 0 unspecified atom stereocenters. The lowest BCUT2D eigenvalue weighted by Gasteiger charge is -2.45. The molecule has 19 heavy (non-hydrogen) atoms. The molecule has 110 valence electrons. The van der Waals surface area contributed by atoms with Gasteiger partial charge in [-0.3, -0.25) is 0 Å². The fraction of sp³-hybridized carbons (Fsp3) is 1.00. The third-order valence-electron chi connectivity index (χ3n) is 5.90. The quantitative estimate of drug-likeness (QED) is 0.734. The van der Waals surface area contributed by atoms with Crippen LogP contribution in [0.1, 0.15) is 52.9 Å². The van der Waals surface area contributed by atoms with Crippen molar-refractivity contribution >= 4 is 0 Å². The smallest absolute Gasteiger partial charge is 0.168 e. The first-order valence-electron chi connectivity index (χ1n) is 7.90. The SMILES string of the molecule is C[C@@H]1CC[C@@H]2CC3(CCC(C)(C)[C@H](O)[C@@H]21)OCCO3. The van der Waals surface area contributed by atoms with Crippen LogP contribution in [0.5, 0.6) is 0 Å². The molecule has 3 heteroatoms. The molecular formula is C16H28O3. The van der Waals surface area contributed by atoms with E-state index in [4.69, 9.17) is 9.47 Å². The van der Waals surface area contributed by atoms with E-state index < -0.39 is 0 Å². The van der Waals surface area contributed by atoms with Gasteiger partial charge >= 0.3 is 0 Å². The van der Waals surface area contributed by atoms with Crippen molar-refractivity contribution < 1.29 is 14.6 Å². The highest BCUT2D eigenvalue weighted by Crippen LogP contribution is 2.52. The van der Waals surface area contributed by atoms with E-state index in [2.05, 4.69) is 20.8 Å². The van der Waals surface area contributed by atoms with Gasteiger partial charge in [-0.2, -0.15) is 0 Å². The predicted octanol–water partition coefficient (Wildman–Crippen LogP) is 2.96. The number of hydrogen-bond donors (Lipinski definition) is 1. The van der Waals surface area contributed by atoms with Gasteiger partial charge in [-0.1, -0.05) is 27.2 Å². The molecule has 0 amide bonds. The highest BCUT2D eigenvalue weighted by atomic mass is 16.7. The Labute approximate surface area is 116 Å². The highest BCUT2D eigenvalue weighted by Gasteiger charge is 2.51. The molecule has 1 heterocycles. The van der Waals surface area contributed by atoms with E-state index in [1.807, 2.05) is 0 Å². The summed E-state index contributed by atoms with van der Waals surface area (Å²) in [4.78, 5) is 0. The van der Waals surface area contributed by atoms with Crippen molar-refractivity contribution in [1.29, 1.82) is 0 Å². The van der Waals surface area contributed by atoms with Crippen LogP contribution in [0, 0.1) is 23.2 Å². The van der Waals surface area contributed by atoms with Crippen molar-refractivity contribution in [1.82, 2.24) is 0 Å². The fourth-order valence-corrected chi connectivity index (χ4v) is 4.58. The molecule has 2 aliphatic carbocycles. The molecule has 0 aromatic heterocycles. The second kappa shape index (κ2) is 4.71. The standard InChI is InChI=1S/C16H28O3/c1-11-4-5-12-10-16(18-8-9-19-16)7-6-15(2,3)14(17)13(11)12/h11-14,17H,4-10H2,1-3H3/t11-,12-,13-,14-/m1/s1. The lowest BCUT2D eigenvalue weighted by Crippen LogP contribution is -2.46. The third kappa shape index (κ3) is 2.34. The summed E-state index contributed by atoms with van der Waals surface area (Å²) < 4.78 is 12.0. The molecule has 4 atom stereocenters. The first-order chi connectivity index (χ1) is 8.94. The molecule has 1 N–H and O–H groups in total. The lowest BCUT2D eigenvalue weighted by molar-refractivity contribution is -0.197. The Kier molecular flexibility index (Phi) is 3.43. The van der Waals surface area contributed by atoms with Gasteiger partial charge in [-0.25, -0.2) is 0 Å². The summed E-state index contributed by atoms with van der Waals surface area (Å²) >= 11 is 0. The maximum Gasteiger partial charge on any atom is 0.168 e. The van der Waals surface area contributed by atoms with Gasteiger partial charge in [0.15, 0.2) is 5.79 Å². The van der Waals surface area contributed by atoms with Crippen LogP contribution in [0.25, 0.3) is 0 Å². The molecule has 1 saturated heterocycles. The molecule has 0 radical (unpaired) electrons. The van der Waals surface area contributed by atoms with Crippen LogP contribution in [0.2, 0.25) is 0 Å². The van der Waals surface area contributed by atoms with Gasteiger partial charge in [-0.15, -0.1) is 0 Å². The van der Waals surface area contributed by atoms with Crippen LogP contribution in [0.3, 0.4) is 0 Å². The minimum absolute atomic E-state index is 0.0375. The number of rotatable bonds is 0. The van der Waals surface area contributed by atoms with Crippen LogP contribution in [-0.2, 0) is 9.47 Å². The molecule has 3 nitrogen and oxygen atoms in total. The second-order valence-electron chi connectivity index (χ2n) is 7.64. The minimum atomic E-state index is -0.343. The van der Waals surface area contributed by atoms with Gasteiger partial charge in [0, 0.05) is 12.8 Å². The lowest BCUT2D eigenvalue weighted by atomic mass is 9.67. The summed E-state index contributed by atoms with van der Waals surface area (Å²) in [5, 5.41) is 10.8. The number of aliphatic hydroxyl groups is 1.